The number of alkyl halides is 1. The van der Waals surface area contributed by atoms with E-state index in [1.54, 1.807) is 6.20 Å². The minimum Gasteiger partial charge on any atom is -0.390 e. The zero-order chi connectivity index (χ0) is 26.0. The first-order valence-electron chi connectivity index (χ1n) is 13.8. The Morgan fingerprint density at radius 2 is 1.89 bits per heavy atom. The predicted octanol–water partition coefficient (Wildman–Crippen LogP) is 4.36. The number of aliphatic hydroxyl groups excluding tert-OH is 2. The van der Waals surface area contributed by atoms with Crippen LogP contribution in [0.5, 0.6) is 0 Å². The van der Waals surface area contributed by atoms with Gasteiger partial charge in [-0.05, 0) is 93.1 Å². The van der Waals surface area contributed by atoms with Crippen molar-refractivity contribution in [2.75, 3.05) is 19.8 Å². The molecule has 2 saturated carbocycles. The molecule has 0 radical (unpaired) electrons. The lowest BCUT2D eigenvalue weighted by molar-refractivity contribution is -0.276. The highest BCUT2D eigenvalue weighted by Gasteiger charge is 2.76. The molecule has 2 bridgehead atoms. The van der Waals surface area contributed by atoms with Crippen LogP contribution in [0.4, 0.5) is 5.82 Å². The van der Waals surface area contributed by atoms with Gasteiger partial charge in [0.05, 0.1) is 28.3 Å². The molecule has 4 fully saturated rings. The zero-order valence-electron chi connectivity index (χ0n) is 22.0. The van der Waals surface area contributed by atoms with Crippen LogP contribution in [-0.2, 0) is 4.74 Å². The molecule has 3 aliphatic carbocycles. The summed E-state index contributed by atoms with van der Waals surface area (Å²) < 4.78 is 7.34. The fourth-order valence-corrected chi connectivity index (χ4v) is 9.90. The maximum atomic E-state index is 11.3. The van der Waals surface area contributed by atoms with E-state index < -0.39 is 28.3 Å². The van der Waals surface area contributed by atoms with E-state index in [1.807, 2.05) is 25.1 Å². The van der Waals surface area contributed by atoms with E-state index in [0.717, 1.165) is 49.3 Å². The van der Waals surface area contributed by atoms with Gasteiger partial charge >= 0.3 is 0 Å². The Hall–Kier alpha value is -1.70. The van der Waals surface area contributed by atoms with Crippen molar-refractivity contribution in [2.45, 2.75) is 86.2 Å². The number of aliphatic hydroxyl groups is 2. The lowest BCUT2D eigenvalue weighted by Gasteiger charge is -2.65. The van der Waals surface area contributed by atoms with Gasteiger partial charge in [-0.25, -0.2) is 4.98 Å². The molecule has 2 spiro atoms. The number of anilines is 1. The minimum absolute atomic E-state index is 0.0449. The average molecular weight is 524 g/mol. The number of rotatable bonds is 2. The van der Waals surface area contributed by atoms with Gasteiger partial charge in [-0.15, -0.1) is 11.6 Å². The van der Waals surface area contributed by atoms with Gasteiger partial charge in [0.25, 0.3) is 0 Å². The fourth-order valence-electron chi connectivity index (χ4n) is 9.38. The molecule has 0 amide bonds. The summed E-state index contributed by atoms with van der Waals surface area (Å²) in [7, 11) is 3.96. The Morgan fingerprint density at radius 1 is 1.08 bits per heavy atom. The van der Waals surface area contributed by atoms with Crippen molar-refractivity contribution in [1.29, 1.82) is 0 Å². The summed E-state index contributed by atoms with van der Waals surface area (Å²) in [5, 5.41) is 24.4. The first-order valence-corrected chi connectivity index (χ1v) is 14.2. The topological polar surface area (TPSA) is 91.8 Å². The Bertz CT molecular complexity index is 1320. The number of aromatic nitrogens is 1. The smallest absolute Gasteiger partial charge is 0.131 e. The third-order valence-corrected chi connectivity index (χ3v) is 12.0. The van der Waals surface area contributed by atoms with E-state index >= 15 is 0 Å². The van der Waals surface area contributed by atoms with Crippen LogP contribution in [0.1, 0.15) is 57.4 Å². The molecule has 2 saturated heterocycles. The summed E-state index contributed by atoms with van der Waals surface area (Å²) >= 11 is 7.63. The molecule has 6 nitrogen and oxygen atoms in total. The number of likely N-dealkylation sites (N-methyl/N-ethyl adjacent to an activating group) is 1. The fraction of sp³-hybridized carbons (Fsp3) is 0.633. The van der Waals surface area contributed by atoms with Crippen LogP contribution in [0.15, 0.2) is 36.5 Å². The quantitative estimate of drug-likeness (QED) is 0.506. The van der Waals surface area contributed by atoms with E-state index in [4.69, 9.17) is 22.1 Å². The Morgan fingerprint density at radius 3 is 2.68 bits per heavy atom. The molecule has 9 atom stereocenters. The van der Waals surface area contributed by atoms with Gasteiger partial charge in [0, 0.05) is 29.5 Å². The number of benzene rings is 1. The molecule has 4 N–H and O–H groups in total. The number of pyridine rings is 1. The largest absolute Gasteiger partial charge is 0.390 e. The number of ether oxygens (including phenoxy) is 1. The Kier molecular flexibility index (Phi) is 5.06. The number of allylic oxidation sites excluding steroid dienone is 2. The lowest BCUT2D eigenvalue weighted by Crippen LogP contribution is -2.72. The second kappa shape index (κ2) is 7.70. The van der Waals surface area contributed by atoms with Crippen LogP contribution in [0.25, 0.3) is 16.3 Å². The van der Waals surface area contributed by atoms with Crippen molar-refractivity contribution >= 4 is 33.8 Å². The van der Waals surface area contributed by atoms with Gasteiger partial charge in [0.15, 0.2) is 0 Å². The molecular formula is C30H38ClN3O3. The molecule has 37 heavy (non-hydrogen) atoms. The summed E-state index contributed by atoms with van der Waals surface area (Å²) in [5.41, 5.74) is 7.85. The second-order valence-electron chi connectivity index (χ2n) is 13.0. The summed E-state index contributed by atoms with van der Waals surface area (Å²) in [4.78, 5) is 5.76. The van der Waals surface area contributed by atoms with Crippen molar-refractivity contribution in [3.05, 3.63) is 42.1 Å². The zero-order valence-corrected chi connectivity index (χ0v) is 22.7. The average Bonchev–Trinajstić information content (AvgIpc) is 3.40. The van der Waals surface area contributed by atoms with Gasteiger partial charge in [0.2, 0.25) is 0 Å². The van der Waals surface area contributed by atoms with Crippen molar-refractivity contribution in [3.63, 3.8) is 0 Å². The van der Waals surface area contributed by atoms with Gasteiger partial charge in [0.1, 0.15) is 5.82 Å². The van der Waals surface area contributed by atoms with Crippen molar-refractivity contribution < 1.29 is 14.9 Å². The number of hydrogen-bond acceptors (Lipinski definition) is 6. The molecule has 3 heterocycles. The molecule has 198 valence electrons. The van der Waals surface area contributed by atoms with Crippen LogP contribution in [-0.4, -0.2) is 68.5 Å². The van der Waals surface area contributed by atoms with Crippen LogP contribution in [0.3, 0.4) is 0 Å². The highest BCUT2D eigenvalue weighted by Crippen LogP contribution is 2.73. The molecule has 1 aromatic carbocycles. The monoisotopic (exact) mass is 523 g/mol. The molecule has 5 aliphatic rings. The van der Waals surface area contributed by atoms with Crippen molar-refractivity contribution in [1.82, 2.24) is 9.88 Å². The molecule has 2 aromatic rings. The third-order valence-electron chi connectivity index (χ3n) is 11.3. The maximum absolute atomic E-state index is 11.3. The number of halogens is 1. The van der Waals surface area contributed by atoms with Gasteiger partial charge in [-0.1, -0.05) is 25.1 Å². The molecule has 9 unspecified atom stereocenters. The number of hydrogen-bond donors (Lipinski definition) is 3. The number of fused-ring (bicyclic) bond motifs is 2. The molecule has 7 heteroatoms. The first-order chi connectivity index (χ1) is 17.5. The van der Waals surface area contributed by atoms with E-state index in [9.17, 15) is 10.2 Å². The summed E-state index contributed by atoms with van der Waals surface area (Å²) in [6.45, 7) is 2.41. The lowest BCUT2D eigenvalue weighted by atomic mass is 9.52. The summed E-state index contributed by atoms with van der Waals surface area (Å²) in [5.74, 6) is 0.709. The number of nitrogens with two attached hydrogens (primary N) is 1. The van der Waals surface area contributed by atoms with Gasteiger partial charge < -0.3 is 25.6 Å². The van der Waals surface area contributed by atoms with Crippen LogP contribution in [0.2, 0.25) is 0 Å². The Balaban J connectivity index is 1.27. The van der Waals surface area contributed by atoms with E-state index in [1.165, 1.54) is 11.1 Å². The highest BCUT2D eigenvalue weighted by atomic mass is 35.5. The minimum atomic E-state index is -0.821. The summed E-state index contributed by atoms with van der Waals surface area (Å²) in [6, 6.07) is 8.44. The van der Waals surface area contributed by atoms with Crippen LogP contribution >= 0.6 is 11.6 Å². The van der Waals surface area contributed by atoms with Crippen LogP contribution in [0, 0.1) is 17.3 Å². The molecule has 2 aliphatic heterocycles. The second-order valence-corrected chi connectivity index (χ2v) is 13.7. The third kappa shape index (κ3) is 3.00. The van der Waals surface area contributed by atoms with E-state index in [2.05, 4.69) is 36.2 Å². The SMILES string of the molecule is CN(C)C1CC23CCC4(O2)C2CC=C(c5ccc6c(N)nccc6c5)C2(C)CCC4(Cl)CC3C(O)C1O. The molecule has 7 rings (SSSR count). The normalized spacial score (nSPS) is 46.5. The van der Waals surface area contributed by atoms with E-state index in [0.29, 0.717) is 12.2 Å². The van der Waals surface area contributed by atoms with Crippen molar-refractivity contribution in [3.8, 4) is 0 Å². The maximum Gasteiger partial charge on any atom is 0.131 e. The molecular weight excluding hydrogens is 486 g/mol. The Labute approximate surface area is 223 Å². The standard InChI is InChI=1S/C30H38ClN3O3/c1-27-9-11-29(31)15-21-24(35)25(36)22(34(2)3)16-28(21)10-12-30(29,37-28)23(27)7-6-20(27)18-4-5-19-17(14-18)8-13-33-26(19)32/h4-6,8,13-14,21-25,35-36H,7,9-12,15-16H2,1-3H3,(H2,32,33). The van der Waals surface area contributed by atoms with Crippen molar-refractivity contribution in [2.24, 2.45) is 17.3 Å². The summed E-state index contributed by atoms with van der Waals surface area (Å²) in [6.07, 6.45) is 8.61. The molecule has 1 aromatic heterocycles. The predicted molar refractivity (Wildman–Crippen MR) is 146 cm³/mol. The van der Waals surface area contributed by atoms with E-state index in [-0.39, 0.29) is 23.3 Å². The highest BCUT2D eigenvalue weighted by molar-refractivity contribution is 6.25. The number of nitrogens with zero attached hydrogens (tertiary/aromatic N) is 2. The number of nitrogen functional groups attached to an aromatic ring is 1. The van der Waals surface area contributed by atoms with Crippen LogP contribution < -0.4 is 5.73 Å². The first kappa shape index (κ1) is 24.3. The van der Waals surface area contributed by atoms with Gasteiger partial charge in [-0.2, -0.15) is 0 Å². The van der Waals surface area contributed by atoms with Gasteiger partial charge in [-0.3, -0.25) is 0 Å².